The van der Waals surface area contributed by atoms with E-state index in [1.807, 2.05) is 73.7 Å². The Morgan fingerprint density at radius 3 is 2.49 bits per heavy atom. The SMILES string of the molecule is Cc1nn(-c2ccc(Cl)cc2)c(Oc2ccccc2)c1CN(C[C@H]1CCCO1)C(=O)c1ccccc1Cl. The molecule has 0 aliphatic carbocycles. The van der Waals surface area contributed by atoms with Crippen LogP contribution in [0.25, 0.3) is 5.69 Å². The Bertz CT molecular complexity index is 1370. The summed E-state index contributed by atoms with van der Waals surface area (Å²) in [5.41, 5.74) is 2.81. The fourth-order valence-electron chi connectivity index (χ4n) is 4.43. The monoisotopic (exact) mass is 535 g/mol. The summed E-state index contributed by atoms with van der Waals surface area (Å²) < 4.78 is 14.0. The molecule has 1 saturated heterocycles. The molecule has 6 nitrogen and oxygen atoms in total. The normalized spacial score (nSPS) is 15.1. The molecule has 1 atom stereocenters. The first-order chi connectivity index (χ1) is 18.0. The first-order valence-corrected chi connectivity index (χ1v) is 13.0. The third-order valence-electron chi connectivity index (χ3n) is 6.35. The van der Waals surface area contributed by atoms with Crippen LogP contribution >= 0.6 is 23.2 Å². The van der Waals surface area contributed by atoms with Crippen molar-refractivity contribution in [3.8, 4) is 17.3 Å². The van der Waals surface area contributed by atoms with E-state index in [0.29, 0.717) is 40.4 Å². The fourth-order valence-corrected chi connectivity index (χ4v) is 4.77. The lowest BCUT2D eigenvalue weighted by atomic mass is 10.1. The maximum absolute atomic E-state index is 13.8. The van der Waals surface area contributed by atoms with Crippen molar-refractivity contribution in [1.82, 2.24) is 14.7 Å². The van der Waals surface area contributed by atoms with Crippen molar-refractivity contribution in [2.45, 2.75) is 32.4 Å². The third-order valence-corrected chi connectivity index (χ3v) is 6.94. The highest BCUT2D eigenvalue weighted by molar-refractivity contribution is 6.33. The summed E-state index contributed by atoms with van der Waals surface area (Å²) in [6, 6.07) is 24.0. The second-order valence-electron chi connectivity index (χ2n) is 8.97. The molecule has 1 aliphatic heterocycles. The highest BCUT2D eigenvalue weighted by Gasteiger charge is 2.28. The first kappa shape index (κ1) is 25.3. The second-order valence-corrected chi connectivity index (χ2v) is 9.82. The highest BCUT2D eigenvalue weighted by Crippen LogP contribution is 2.33. The minimum atomic E-state index is -0.162. The Balaban J connectivity index is 1.56. The van der Waals surface area contributed by atoms with Crippen LogP contribution in [0.3, 0.4) is 0 Å². The number of para-hydroxylation sites is 1. The minimum absolute atomic E-state index is 0.0310. The lowest BCUT2D eigenvalue weighted by Gasteiger charge is -2.26. The topological polar surface area (TPSA) is 56.6 Å². The van der Waals surface area contributed by atoms with E-state index < -0.39 is 0 Å². The molecule has 1 fully saturated rings. The van der Waals surface area contributed by atoms with Gasteiger partial charge in [-0.05, 0) is 68.3 Å². The van der Waals surface area contributed by atoms with Crippen molar-refractivity contribution in [3.63, 3.8) is 0 Å². The summed E-state index contributed by atoms with van der Waals surface area (Å²) in [4.78, 5) is 15.5. The van der Waals surface area contributed by atoms with Crippen molar-refractivity contribution in [2.24, 2.45) is 0 Å². The zero-order valence-corrected chi connectivity index (χ0v) is 22.0. The summed E-state index contributed by atoms with van der Waals surface area (Å²) in [7, 11) is 0. The Labute approximate surface area is 226 Å². The Kier molecular flexibility index (Phi) is 7.79. The van der Waals surface area contributed by atoms with Gasteiger partial charge in [0.1, 0.15) is 5.75 Å². The van der Waals surface area contributed by atoms with Crippen LogP contribution in [0.2, 0.25) is 10.0 Å². The number of benzene rings is 3. The van der Waals surface area contributed by atoms with Gasteiger partial charge in [0, 0.05) is 18.2 Å². The molecule has 1 amide bonds. The molecular formula is C29H27Cl2N3O3. The number of carbonyl (C=O) groups excluding carboxylic acids is 1. The summed E-state index contributed by atoms with van der Waals surface area (Å²) >= 11 is 12.6. The van der Waals surface area contributed by atoms with Gasteiger partial charge in [-0.2, -0.15) is 5.10 Å². The summed E-state index contributed by atoms with van der Waals surface area (Å²) in [6.45, 7) is 3.35. The van der Waals surface area contributed by atoms with Gasteiger partial charge in [0.2, 0.25) is 5.88 Å². The highest BCUT2D eigenvalue weighted by atomic mass is 35.5. The van der Waals surface area contributed by atoms with Crippen molar-refractivity contribution in [1.29, 1.82) is 0 Å². The molecule has 1 aromatic heterocycles. The predicted molar refractivity (Wildman–Crippen MR) is 145 cm³/mol. The van der Waals surface area contributed by atoms with Gasteiger partial charge in [-0.25, -0.2) is 4.68 Å². The maximum atomic E-state index is 13.8. The molecule has 5 rings (SSSR count). The molecule has 190 valence electrons. The molecule has 0 saturated carbocycles. The van der Waals surface area contributed by atoms with Crippen LogP contribution in [0.5, 0.6) is 11.6 Å². The molecule has 0 spiro atoms. The van der Waals surface area contributed by atoms with Gasteiger partial charge >= 0.3 is 0 Å². The van der Waals surface area contributed by atoms with Gasteiger partial charge in [-0.3, -0.25) is 4.79 Å². The van der Waals surface area contributed by atoms with E-state index in [0.717, 1.165) is 29.8 Å². The Morgan fingerprint density at radius 1 is 1.05 bits per heavy atom. The Morgan fingerprint density at radius 2 is 1.78 bits per heavy atom. The number of aromatic nitrogens is 2. The average Bonchev–Trinajstić information content (AvgIpc) is 3.53. The molecule has 1 aliphatic rings. The molecule has 0 unspecified atom stereocenters. The van der Waals surface area contributed by atoms with Crippen LogP contribution in [-0.2, 0) is 11.3 Å². The lowest BCUT2D eigenvalue weighted by molar-refractivity contribution is 0.0505. The number of aryl methyl sites for hydroxylation is 1. The van der Waals surface area contributed by atoms with Gasteiger partial charge in [0.15, 0.2) is 0 Å². The molecule has 0 radical (unpaired) electrons. The summed E-state index contributed by atoms with van der Waals surface area (Å²) in [5.74, 6) is 1.04. The standard InChI is InChI=1S/C29H27Cl2N3O3/c1-20-26(19-33(18-24-10-7-17-36-24)28(35)25-11-5-6-12-27(25)31)29(37-23-8-3-2-4-9-23)34(32-20)22-15-13-21(30)14-16-22/h2-6,8-9,11-16,24H,7,10,17-19H2,1H3/t24-/m1/s1. The van der Waals surface area contributed by atoms with Crippen molar-refractivity contribution in [3.05, 3.63) is 106 Å². The molecule has 8 heteroatoms. The zero-order chi connectivity index (χ0) is 25.8. The van der Waals surface area contributed by atoms with E-state index in [2.05, 4.69) is 0 Å². The van der Waals surface area contributed by atoms with Crippen LogP contribution in [0.1, 0.15) is 34.5 Å². The fraction of sp³-hybridized carbons (Fsp3) is 0.241. The number of halogens is 2. The van der Waals surface area contributed by atoms with Crippen LogP contribution in [0.4, 0.5) is 0 Å². The predicted octanol–water partition coefficient (Wildman–Crippen LogP) is 7.10. The number of rotatable bonds is 8. The largest absolute Gasteiger partial charge is 0.439 e. The number of carbonyl (C=O) groups is 1. The average molecular weight is 536 g/mol. The number of hydrogen-bond acceptors (Lipinski definition) is 4. The molecule has 37 heavy (non-hydrogen) atoms. The molecular weight excluding hydrogens is 509 g/mol. The van der Waals surface area contributed by atoms with E-state index in [1.54, 1.807) is 21.7 Å². The van der Waals surface area contributed by atoms with Gasteiger partial charge in [-0.15, -0.1) is 0 Å². The molecule has 4 aromatic rings. The van der Waals surface area contributed by atoms with Crippen molar-refractivity contribution >= 4 is 29.1 Å². The van der Waals surface area contributed by atoms with Crippen LogP contribution < -0.4 is 4.74 Å². The van der Waals surface area contributed by atoms with Crippen LogP contribution in [0.15, 0.2) is 78.9 Å². The minimum Gasteiger partial charge on any atom is -0.439 e. The van der Waals surface area contributed by atoms with E-state index in [4.69, 9.17) is 37.8 Å². The van der Waals surface area contributed by atoms with Gasteiger partial charge < -0.3 is 14.4 Å². The van der Waals surface area contributed by atoms with Crippen LogP contribution in [-0.4, -0.2) is 39.8 Å². The lowest BCUT2D eigenvalue weighted by Crippen LogP contribution is -2.37. The quantitative estimate of drug-likeness (QED) is 0.241. The first-order valence-electron chi connectivity index (χ1n) is 12.2. The Hall–Kier alpha value is -3.32. The molecule has 0 N–H and O–H groups in total. The van der Waals surface area contributed by atoms with E-state index >= 15 is 0 Å². The smallest absolute Gasteiger partial charge is 0.255 e. The summed E-state index contributed by atoms with van der Waals surface area (Å²) in [5, 5.41) is 5.84. The van der Waals surface area contributed by atoms with Crippen molar-refractivity contribution < 1.29 is 14.3 Å². The maximum Gasteiger partial charge on any atom is 0.255 e. The van der Waals surface area contributed by atoms with Gasteiger partial charge in [0.05, 0.1) is 40.2 Å². The number of hydrogen-bond donors (Lipinski definition) is 0. The van der Waals surface area contributed by atoms with E-state index in [1.165, 1.54) is 0 Å². The van der Waals surface area contributed by atoms with Crippen molar-refractivity contribution in [2.75, 3.05) is 13.2 Å². The zero-order valence-electron chi connectivity index (χ0n) is 20.4. The molecule has 3 aromatic carbocycles. The summed E-state index contributed by atoms with van der Waals surface area (Å²) in [6.07, 6.45) is 1.86. The van der Waals surface area contributed by atoms with Gasteiger partial charge in [-0.1, -0.05) is 53.5 Å². The van der Waals surface area contributed by atoms with E-state index in [9.17, 15) is 4.79 Å². The third kappa shape index (κ3) is 5.82. The molecule has 0 bridgehead atoms. The number of nitrogens with zero attached hydrogens (tertiary/aromatic N) is 3. The van der Waals surface area contributed by atoms with E-state index in [-0.39, 0.29) is 18.6 Å². The van der Waals surface area contributed by atoms with Gasteiger partial charge in [0.25, 0.3) is 5.91 Å². The number of ether oxygens (including phenoxy) is 2. The van der Waals surface area contributed by atoms with Crippen LogP contribution in [0, 0.1) is 6.92 Å². The molecule has 2 heterocycles. The number of amides is 1. The second kappa shape index (κ2) is 11.4.